The quantitative estimate of drug-likeness (QED) is 0.894. The first-order valence-electron chi connectivity index (χ1n) is 6.49. The van der Waals surface area contributed by atoms with Crippen LogP contribution in [0.1, 0.15) is 31.2 Å². The fourth-order valence-corrected chi connectivity index (χ4v) is 2.61. The van der Waals surface area contributed by atoms with E-state index in [1.165, 1.54) is 12.1 Å². The molecule has 18 heavy (non-hydrogen) atoms. The fraction of sp³-hybridized carbons (Fsp3) is 0.571. The van der Waals surface area contributed by atoms with E-state index in [1.54, 1.807) is 0 Å². The van der Waals surface area contributed by atoms with Crippen molar-refractivity contribution in [2.45, 2.75) is 38.3 Å². The van der Waals surface area contributed by atoms with E-state index in [4.69, 9.17) is 5.11 Å². The number of aliphatic hydroxyl groups is 1. The van der Waals surface area contributed by atoms with Crippen LogP contribution >= 0.6 is 0 Å². The molecule has 1 heterocycles. The van der Waals surface area contributed by atoms with Crippen LogP contribution in [-0.4, -0.2) is 29.2 Å². The molecule has 1 aliphatic heterocycles. The normalized spacial score (nSPS) is 21.2. The Labute approximate surface area is 106 Å². The molecule has 0 aliphatic carbocycles. The number of hydrogen-bond donors (Lipinski definition) is 1. The fourth-order valence-electron chi connectivity index (χ4n) is 2.61. The largest absolute Gasteiger partial charge is 0.396 e. The highest BCUT2D eigenvalue weighted by molar-refractivity contribution is 5.18. The Kier molecular flexibility index (Phi) is 4.66. The van der Waals surface area contributed by atoms with Crippen LogP contribution in [0.15, 0.2) is 18.2 Å². The Morgan fingerprint density at radius 1 is 1.28 bits per heavy atom. The zero-order valence-corrected chi connectivity index (χ0v) is 10.4. The first-order chi connectivity index (χ1) is 8.70. The number of rotatable bonds is 4. The predicted molar refractivity (Wildman–Crippen MR) is 66.1 cm³/mol. The van der Waals surface area contributed by atoms with Gasteiger partial charge in [0.05, 0.1) is 0 Å². The standard InChI is InChI=1S/C14H19F2NO/c15-12-5-4-11(14(16)9-12)10-17-7-2-1-3-13(17)6-8-18/h4-5,9,13,18H,1-3,6-8,10H2. The number of hydrogen-bond acceptors (Lipinski definition) is 2. The molecule has 0 saturated carbocycles. The van der Waals surface area contributed by atoms with Gasteiger partial charge in [0.2, 0.25) is 0 Å². The van der Waals surface area contributed by atoms with Gasteiger partial charge in [0, 0.05) is 30.8 Å². The lowest BCUT2D eigenvalue weighted by Gasteiger charge is -2.35. The summed E-state index contributed by atoms with van der Waals surface area (Å²) in [6, 6.07) is 4.05. The third kappa shape index (κ3) is 3.27. The first kappa shape index (κ1) is 13.4. The van der Waals surface area contributed by atoms with Crippen molar-refractivity contribution >= 4 is 0 Å². The van der Waals surface area contributed by atoms with Gasteiger partial charge in [0.15, 0.2) is 0 Å². The summed E-state index contributed by atoms with van der Waals surface area (Å²) in [6.45, 7) is 1.57. The molecule has 4 heteroatoms. The first-order valence-corrected chi connectivity index (χ1v) is 6.49. The maximum absolute atomic E-state index is 13.6. The molecule has 0 bridgehead atoms. The van der Waals surface area contributed by atoms with E-state index in [2.05, 4.69) is 4.90 Å². The lowest BCUT2D eigenvalue weighted by Crippen LogP contribution is -2.39. The zero-order valence-electron chi connectivity index (χ0n) is 10.4. The summed E-state index contributed by atoms with van der Waals surface area (Å²) in [4.78, 5) is 2.19. The molecule has 2 nitrogen and oxygen atoms in total. The van der Waals surface area contributed by atoms with Crippen LogP contribution < -0.4 is 0 Å². The van der Waals surface area contributed by atoms with Gasteiger partial charge in [-0.05, 0) is 31.9 Å². The van der Waals surface area contributed by atoms with Gasteiger partial charge in [-0.1, -0.05) is 12.5 Å². The predicted octanol–water partition coefficient (Wildman–Crippen LogP) is 2.70. The molecule has 100 valence electrons. The van der Waals surface area contributed by atoms with E-state index >= 15 is 0 Å². The van der Waals surface area contributed by atoms with Crippen LogP contribution in [0.4, 0.5) is 8.78 Å². The highest BCUT2D eigenvalue weighted by Crippen LogP contribution is 2.22. The Bertz CT molecular complexity index is 395. The second kappa shape index (κ2) is 6.25. The van der Waals surface area contributed by atoms with Crippen LogP contribution in [0, 0.1) is 11.6 Å². The minimum Gasteiger partial charge on any atom is -0.396 e. The molecule has 2 rings (SSSR count). The van der Waals surface area contributed by atoms with E-state index in [0.717, 1.165) is 38.3 Å². The summed E-state index contributed by atoms with van der Waals surface area (Å²) >= 11 is 0. The van der Waals surface area contributed by atoms with Gasteiger partial charge >= 0.3 is 0 Å². The minimum atomic E-state index is -0.540. The van der Waals surface area contributed by atoms with Crippen LogP contribution in [0.25, 0.3) is 0 Å². The number of benzene rings is 1. The van der Waals surface area contributed by atoms with Crippen LogP contribution in [0.3, 0.4) is 0 Å². The Balaban J connectivity index is 2.06. The van der Waals surface area contributed by atoms with Gasteiger partial charge in [0.25, 0.3) is 0 Å². The topological polar surface area (TPSA) is 23.5 Å². The molecule has 1 atom stereocenters. The zero-order chi connectivity index (χ0) is 13.0. The SMILES string of the molecule is OCCC1CCCCN1Cc1ccc(F)cc1F. The van der Waals surface area contributed by atoms with E-state index in [0.29, 0.717) is 18.2 Å². The maximum Gasteiger partial charge on any atom is 0.130 e. The molecule has 1 aromatic carbocycles. The molecule has 1 aliphatic rings. The lowest BCUT2D eigenvalue weighted by atomic mass is 9.98. The van der Waals surface area contributed by atoms with Crippen molar-refractivity contribution in [3.63, 3.8) is 0 Å². The van der Waals surface area contributed by atoms with E-state index in [1.807, 2.05) is 0 Å². The Morgan fingerprint density at radius 2 is 2.11 bits per heavy atom. The molecule has 0 aromatic heterocycles. The molecular formula is C14H19F2NO. The van der Waals surface area contributed by atoms with Crippen molar-refractivity contribution in [3.8, 4) is 0 Å². The molecule has 0 spiro atoms. The molecule has 0 radical (unpaired) electrons. The smallest absolute Gasteiger partial charge is 0.130 e. The van der Waals surface area contributed by atoms with Crippen molar-refractivity contribution < 1.29 is 13.9 Å². The van der Waals surface area contributed by atoms with Crippen LogP contribution in [-0.2, 0) is 6.54 Å². The van der Waals surface area contributed by atoms with Crippen molar-refractivity contribution in [1.82, 2.24) is 4.90 Å². The number of likely N-dealkylation sites (tertiary alicyclic amines) is 1. The van der Waals surface area contributed by atoms with Crippen molar-refractivity contribution in [1.29, 1.82) is 0 Å². The van der Waals surface area contributed by atoms with Gasteiger partial charge in [-0.3, -0.25) is 4.90 Å². The minimum absolute atomic E-state index is 0.160. The van der Waals surface area contributed by atoms with E-state index in [9.17, 15) is 8.78 Å². The highest BCUT2D eigenvalue weighted by atomic mass is 19.1. The van der Waals surface area contributed by atoms with E-state index in [-0.39, 0.29) is 6.61 Å². The Hall–Kier alpha value is -1.00. The third-order valence-corrected chi connectivity index (χ3v) is 3.60. The van der Waals surface area contributed by atoms with Gasteiger partial charge < -0.3 is 5.11 Å². The highest BCUT2D eigenvalue weighted by Gasteiger charge is 2.22. The lowest BCUT2D eigenvalue weighted by molar-refractivity contribution is 0.111. The van der Waals surface area contributed by atoms with Crippen molar-refractivity contribution in [2.75, 3.05) is 13.2 Å². The van der Waals surface area contributed by atoms with Crippen molar-refractivity contribution in [3.05, 3.63) is 35.4 Å². The summed E-state index contributed by atoms with van der Waals surface area (Å²) in [5.41, 5.74) is 0.529. The monoisotopic (exact) mass is 255 g/mol. The number of piperidine rings is 1. The molecule has 0 amide bonds. The summed E-state index contributed by atoms with van der Waals surface area (Å²) < 4.78 is 26.4. The van der Waals surface area contributed by atoms with Crippen LogP contribution in [0.5, 0.6) is 0 Å². The number of halogens is 2. The van der Waals surface area contributed by atoms with Crippen LogP contribution in [0.2, 0.25) is 0 Å². The molecule has 1 unspecified atom stereocenters. The molecule has 1 aromatic rings. The van der Waals surface area contributed by atoms with Gasteiger partial charge in [0.1, 0.15) is 11.6 Å². The van der Waals surface area contributed by atoms with Gasteiger partial charge in [-0.25, -0.2) is 8.78 Å². The van der Waals surface area contributed by atoms with E-state index < -0.39 is 11.6 Å². The maximum atomic E-state index is 13.6. The second-order valence-electron chi connectivity index (χ2n) is 4.87. The Morgan fingerprint density at radius 3 is 2.83 bits per heavy atom. The summed E-state index contributed by atoms with van der Waals surface area (Å²) in [6.07, 6.45) is 4.03. The number of nitrogens with zero attached hydrogens (tertiary/aromatic N) is 1. The summed E-state index contributed by atoms with van der Waals surface area (Å²) in [5.74, 6) is -1.02. The molecule has 1 saturated heterocycles. The summed E-state index contributed by atoms with van der Waals surface area (Å²) in [5, 5.41) is 9.04. The second-order valence-corrected chi connectivity index (χ2v) is 4.87. The molecule has 1 fully saturated rings. The average Bonchev–Trinajstić information content (AvgIpc) is 2.35. The molecular weight excluding hydrogens is 236 g/mol. The summed E-state index contributed by atoms with van der Waals surface area (Å²) in [7, 11) is 0. The van der Waals surface area contributed by atoms with Crippen molar-refractivity contribution in [2.24, 2.45) is 0 Å². The third-order valence-electron chi connectivity index (χ3n) is 3.60. The number of aliphatic hydroxyl groups excluding tert-OH is 1. The molecule has 1 N–H and O–H groups in total. The van der Waals surface area contributed by atoms with Gasteiger partial charge in [-0.2, -0.15) is 0 Å². The average molecular weight is 255 g/mol. The van der Waals surface area contributed by atoms with Gasteiger partial charge in [-0.15, -0.1) is 0 Å².